The van der Waals surface area contributed by atoms with Crippen LogP contribution in [0.2, 0.25) is 0 Å². The Bertz CT molecular complexity index is 1360. The highest BCUT2D eigenvalue weighted by molar-refractivity contribution is 7.99. The van der Waals surface area contributed by atoms with Gasteiger partial charge < -0.3 is 14.8 Å². The second-order valence-electron chi connectivity index (χ2n) is 7.42. The maximum Gasteiger partial charge on any atom is 0.282 e. The van der Waals surface area contributed by atoms with E-state index in [1.807, 2.05) is 31.2 Å². The topological polar surface area (TPSA) is 100 Å². The lowest BCUT2D eigenvalue weighted by Gasteiger charge is -2.12. The van der Waals surface area contributed by atoms with Crippen molar-refractivity contribution in [2.45, 2.75) is 25.2 Å². The molecule has 0 saturated heterocycles. The van der Waals surface area contributed by atoms with E-state index in [0.29, 0.717) is 40.7 Å². The zero-order valence-electron chi connectivity index (χ0n) is 19.1. The third-order valence-corrected chi connectivity index (χ3v) is 6.12. The smallest absolute Gasteiger partial charge is 0.282 e. The average Bonchev–Trinajstić information content (AvgIpc) is 3.29. The fourth-order valence-corrected chi connectivity index (χ4v) is 4.17. The van der Waals surface area contributed by atoms with Gasteiger partial charge in [0.2, 0.25) is 5.91 Å². The minimum atomic E-state index is -0.247. The number of thioether (sulfide) groups is 1. The molecule has 0 aliphatic heterocycles. The number of anilines is 1. The van der Waals surface area contributed by atoms with Crippen molar-refractivity contribution in [1.82, 2.24) is 19.3 Å². The van der Waals surface area contributed by atoms with E-state index in [1.54, 1.807) is 53.9 Å². The number of hydrogen-bond acceptors (Lipinski definition) is 7. The van der Waals surface area contributed by atoms with Crippen LogP contribution in [0.25, 0.3) is 11.0 Å². The first-order chi connectivity index (χ1) is 16.5. The first-order valence-corrected chi connectivity index (χ1v) is 11.7. The average molecular weight is 480 g/mol. The van der Waals surface area contributed by atoms with Crippen molar-refractivity contribution < 1.29 is 14.3 Å². The molecule has 0 atom stereocenters. The predicted octanol–water partition coefficient (Wildman–Crippen LogP) is 3.41. The van der Waals surface area contributed by atoms with Crippen molar-refractivity contribution in [3.63, 3.8) is 0 Å². The number of carbonyl (C=O) groups is 1. The van der Waals surface area contributed by atoms with Crippen LogP contribution in [-0.4, -0.2) is 45.2 Å². The molecule has 2 aromatic heterocycles. The largest absolute Gasteiger partial charge is 0.497 e. The molecule has 2 aromatic carbocycles. The molecular weight excluding hydrogens is 454 g/mol. The lowest BCUT2D eigenvalue weighted by molar-refractivity contribution is -0.113. The first-order valence-electron chi connectivity index (χ1n) is 10.7. The number of methoxy groups -OCH3 is 2. The SMILES string of the molecule is CCn1cc2nc(SCC(=O)Nc3cccc(OC)c3)n(Cc3ccc(OC)cc3)c(=O)c2n1. The van der Waals surface area contributed by atoms with Gasteiger partial charge in [0.1, 0.15) is 17.0 Å². The number of nitrogens with one attached hydrogen (secondary N) is 1. The molecule has 0 unspecified atom stereocenters. The fourth-order valence-electron chi connectivity index (χ4n) is 3.38. The normalized spacial score (nSPS) is 10.9. The van der Waals surface area contributed by atoms with Crippen LogP contribution in [-0.2, 0) is 17.9 Å². The Morgan fingerprint density at radius 3 is 2.56 bits per heavy atom. The van der Waals surface area contributed by atoms with Crippen LogP contribution in [0.1, 0.15) is 12.5 Å². The van der Waals surface area contributed by atoms with Crippen molar-refractivity contribution in [3.8, 4) is 11.5 Å². The summed E-state index contributed by atoms with van der Waals surface area (Å²) >= 11 is 1.20. The van der Waals surface area contributed by atoms with Gasteiger partial charge in [0.15, 0.2) is 10.7 Å². The third-order valence-electron chi connectivity index (χ3n) is 5.15. The summed E-state index contributed by atoms with van der Waals surface area (Å²) in [6, 6.07) is 14.6. The molecule has 0 aliphatic rings. The number of fused-ring (bicyclic) bond motifs is 1. The van der Waals surface area contributed by atoms with Gasteiger partial charge in [-0.1, -0.05) is 30.0 Å². The molecule has 10 heteroatoms. The predicted molar refractivity (Wildman–Crippen MR) is 132 cm³/mol. The van der Waals surface area contributed by atoms with Gasteiger partial charge in [-0.15, -0.1) is 0 Å². The van der Waals surface area contributed by atoms with Crippen molar-refractivity contribution in [2.75, 3.05) is 25.3 Å². The number of hydrogen-bond donors (Lipinski definition) is 1. The summed E-state index contributed by atoms with van der Waals surface area (Å²) in [7, 11) is 3.17. The van der Waals surface area contributed by atoms with Gasteiger partial charge in [-0.05, 0) is 36.8 Å². The zero-order chi connectivity index (χ0) is 24.1. The van der Waals surface area contributed by atoms with Crippen LogP contribution >= 0.6 is 11.8 Å². The van der Waals surface area contributed by atoms with Gasteiger partial charge in [0.25, 0.3) is 5.56 Å². The monoisotopic (exact) mass is 479 g/mol. The lowest BCUT2D eigenvalue weighted by atomic mass is 10.2. The summed E-state index contributed by atoms with van der Waals surface area (Å²) in [4.78, 5) is 30.6. The third kappa shape index (κ3) is 5.23. The Kier molecular flexibility index (Phi) is 7.17. The maximum absolute atomic E-state index is 13.3. The molecule has 0 saturated carbocycles. The lowest BCUT2D eigenvalue weighted by Crippen LogP contribution is -2.25. The quantitative estimate of drug-likeness (QED) is 0.290. The number of aryl methyl sites for hydroxylation is 1. The molecule has 34 heavy (non-hydrogen) atoms. The van der Waals surface area contributed by atoms with Crippen LogP contribution < -0.4 is 20.3 Å². The summed E-state index contributed by atoms with van der Waals surface area (Å²) in [5.74, 6) is 1.25. The second-order valence-corrected chi connectivity index (χ2v) is 8.36. The van der Waals surface area contributed by atoms with Gasteiger partial charge in [-0.3, -0.25) is 18.8 Å². The number of rotatable bonds is 9. The molecule has 4 rings (SSSR count). The summed E-state index contributed by atoms with van der Waals surface area (Å²) in [6.45, 7) is 2.87. The van der Waals surface area contributed by atoms with E-state index in [0.717, 1.165) is 11.3 Å². The Morgan fingerprint density at radius 1 is 1.09 bits per heavy atom. The summed E-state index contributed by atoms with van der Waals surface area (Å²) in [5.41, 5.74) is 2.10. The van der Waals surface area contributed by atoms with E-state index in [2.05, 4.69) is 15.4 Å². The minimum absolute atomic E-state index is 0.0830. The van der Waals surface area contributed by atoms with Crippen molar-refractivity contribution in [1.29, 1.82) is 0 Å². The summed E-state index contributed by atoms with van der Waals surface area (Å²) in [6.07, 6.45) is 1.74. The van der Waals surface area contributed by atoms with E-state index in [4.69, 9.17) is 9.47 Å². The molecule has 2 heterocycles. The molecule has 4 aromatic rings. The van der Waals surface area contributed by atoms with Crippen molar-refractivity contribution >= 4 is 34.4 Å². The first kappa shape index (κ1) is 23.4. The molecule has 0 radical (unpaired) electrons. The number of ether oxygens (including phenoxy) is 2. The van der Waals surface area contributed by atoms with Gasteiger partial charge in [0.05, 0.1) is 32.7 Å². The van der Waals surface area contributed by atoms with E-state index in [1.165, 1.54) is 11.8 Å². The molecule has 0 aliphatic carbocycles. The molecule has 1 N–H and O–H groups in total. The zero-order valence-corrected chi connectivity index (χ0v) is 20.0. The van der Waals surface area contributed by atoms with Gasteiger partial charge in [-0.25, -0.2) is 4.98 Å². The number of carbonyl (C=O) groups excluding carboxylic acids is 1. The molecule has 1 amide bonds. The van der Waals surface area contributed by atoms with E-state index >= 15 is 0 Å². The van der Waals surface area contributed by atoms with Gasteiger partial charge in [-0.2, -0.15) is 5.10 Å². The highest BCUT2D eigenvalue weighted by atomic mass is 32.2. The highest BCUT2D eigenvalue weighted by Crippen LogP contribution is 2.21. The van der Waals surface area contributed by atoms with E-state index in [-0.39, 0.29) is 17.2 Å². The number of nitrogens with zero attached hydrogens (tertiary/aromatic N) is 4. The maximum atomic E-state index is 13.3. The highest BCUT2D eigenvalue weighted by Gasteiger charge is 2.17. The molecule has 0 fully saturated rings. The standard InChI is InChI=1S/C24H25N5O4S/c1-4-28-14-20-22(27-28)23(31)29(13-16-8-10-18(32-2)11-9-16)24(26-20)34-15-21(30)25-17-6-5-7-19(12-17)33-3/h5-12,14H,4,13,15H2,1-3H3,(H,25,30). The molecule has 0 spiro atoms. The van der Waals surface area contributed by atoms with Crippen molar-refractivity contribution in [3.05, 3.63) is 70.6 Å². The molecule has 0 bridgehead atoms. The number of amides is 1. The Balaban J connectivity index is 1.60. The molecule has 176 valence electrons. The van der Waals surface area contributed by atoms with Crippen LogP contribution in [0.15, 0.2) is 64.7 Å². The summed E-state index contributed by atoms with van der Waals surface area (Å²) < 4.78 is 13.7. The molecule has 9 nitrogen and oxygen atoms in total. The van der Waals surface area contributed by atoms with Crippen LogP contribution in [0.5, 0.6) is 11.5 Å². The van der Waals surface area contributed by atoms with Gasteiger partial charge >= 0.3 is 0 Å². The Hall–Kier alpha value is -3.79. The van der Waals surface area contributed by atoms with Crippen LogP contribution in [0.4, 0.5) is 5.69 Å². The van der Waals surface area contributed by atoms with Gasteiger partial charge in [0, 0.05) is 18.3 Å². The molecular formula is C24H25N5O4S. The van der Waals surface area contributed by atoms with Crippen LogP contribution in [0, 0.1) is 0 Å². The Morgan fingerprint density at radius 2 is 1.85 bits per heavy atom. The van der Waals surface area contributed by atoms with Crippen LogP contribution in [0.3, 0.4) is 0 Å². The fraction of sp³-hybridized carbons (Fsp3) is 0.250. The number of benzene rings is 2. The summed E-state index contributed by atoms with van der Waals surface area (Å²) in [5, 5.41) is 7.67. The second kappa shape index (κ2) is 10.4. The van der Waals surface area contributed by atoms with E-state index < -0.39 is 0 Å². The minimum Gasteiger partial charge on any atom is -0.497 e. The Labute approximate surface area is 200 Å². The van der Waals surface area contributed by atoms with E-state index in [9.17, 15) is 9.59 Å². The number of aromatic nitrogens is 4. The van der Waals surface area contributed by atoms with Crippen molar-refractivity contribution in [2.24, 2.45) is 0 Å².